The van der Waals surface area contributed by atoms with Gasteiger partial charge >= 0.3 is 11.8 Å². The Morgan fingerprint density at radius 1 is 1.06 bits per heavy atom. The highest BCUT2D eigenvalue weighted by atomic mass is 32.2. The van der Waals surface area contributed by atoms with Crippen LogP contribution >= 0.6 is 0 Å². The van der Waals surface area contributed by atoms with E-state index in [1.54, 1.807) is 17.9 Å². The Hall–Kier alpha value is -3.34. The van der Waals surface area contributed by atoms with Crippen LogP contribution in [-0.2, 0) is 10.0 Å². The number of rotatable bonds is 5. The third kappa shape index (κ3) is 5.03. The van der Waals surface area contributed by atoms with E-state index in [2.05, 4.69) is 14.9 Å². The summed E-state index contributed by atoms with van der Waals surface area (Å²) in [5.41, 5.74) is 0.309. The Bertz CT molecular complexity index is 1290. The standard InChI is InChI=1S/C22H22F2N4O4S/c1-14-6-7-15(12-19(14)33(30,31)27-18-9-8-16(23)13-17(18)24)20-25-21(32-26-20)22(29)28-10-4-2-3-5-11-28/h6-9,12-13,27H,2-5,10-11H2,1H3. The van der Waals surface area contributed by atoms with E-state index in [-0.39, 0.29) is 28.2 Å². The monoisotopic (exact) mass is 476 g/mol. The van der Waals surface area contributed by atoms with Crippen molar-refractivity contribution in [3.05, 3.63) is 59.5 Å². The van der Waals surface area contributed by atoms with Crippen molar-refractivity contribution in [3.63, 3.8) is 0 Å². The summed E-state index contributed by atoms with van der Waals surface area (Å²) in [5.74, 6) is -2.33. The van der Waals surface area contributed by atoms with Crippen LogP contribution in [0, 0.1) is 18.6 Å². The first-order valence-electron chi connectivity index (χ1n) is 10.5. The molecule has 0 radical (unpaired) electrons. The number of aryl methyl sites for hydroxylation is 1. The maximum Gasteiger partial charge on any atom is 0.316 e. The van der Waals surface area contributed by atoms with Gasteiger partial charge in [0.05, 0.1) is 10.6 Å². The van der Waals surface area contributed by atoms with E-state index in [0.717, 1.165) is 37.8 Å². The van der Waals surface area contributed by atoms with Crippen molar-refractivity contribution in [2.24, 2.45) is 0 Å². The SMILES string of the molecule is Cc1ccc(-c2noc(C(=O)N3CCCCCC3)n2)cc1S(=O)(=O)Nc1ccc(F)cc1F. The maximum atomic E-state index is 14.0. The van der Waals surface area contributed by atoms with Crippen molar-refractivity contribution < 1.29 is 26.5 Å². The fourth-order valence-corrected chi connectivity index (χ4v) is 4.98. The summed E-state index contributed by atoms with van der Waals surface area (Å²) < 4.78 is 60.2. The summed E-state index contributed by atoms with van der Waals surface area (Å²) in [7, 11) is -4.21. The number of hydrogen-bond acceptors (Lipinski definition) is 6. The Balaban J connectivity index is 1.60. The normalized spacial score (nSPS) is 14.7. The van der Waals surface area contributed by atoms with Crippen LogP contribution in [0.25, 0.3) is 11.4 Å². The minimum Gasteiger partial charge on any atom is -0.334 e. The van der Waals surface area contributed by atoms with Crippen LogP contribution in [-0.4, -0.2) is 42.5 Å². The van der Waals surface area contributed by atoms with Gasteiger partial charge < -0.3 is 9.42 Å². The van der Waals surface area contributed by atoms with Crippen molar-refractivity contribution in [1.29, 1.82) is 0 Å². The largest absolute Gasteiger partial charge is 0.334 e. The van der Waals surface area contributed by atoms with Gasteiger partial charge in [-0.05, 0) is 43.5 Å². The van der Waals surface area contributed by atoms with E-state index in [1.165, 1.54) is 12.1 Å². The summed E-state index contributed by atoms with van der Waals surface area (Å²) in [5, 5.41) is 3.84. The zero-order chi connectivity index (χ0) is 23.6. The first-order valence-corrected chi connectivity index (χ1v) is 11.9. The number of nitrogens with one attached hydrogen (secondary N) is 1. The van der Waals surface area contributed by atoms with Crippen molar-refractivity contribution in [3.8, 4) is 11.4 Å². The number of halogens is 2. The Kier molecular flexibility index (Phi) is 6.41. The van der Waals surface area contributed by atoms with Gasteiger partial charge in [-0.15, -0.1) is 0 Å². The molecule has 11 heteroatoms. The first-order chi connectivity index (χ1) is 15.7. The fourth-order valence-electron chi connectivity index (χ4n) is 3.64. The fraction of sp³-hybridized carbons (Fsp3) is 0.318. The first kappa shape index (κ1) is 22.8. The predicted octanol–water partition coefficient (Wildman–Crippen LogP) is 4.14. The molecule has 0 saturated carbocycles. The van der Waals surface area contributed by atoms with Gasteiger partial charge in [0, 0.05) is 24.7 Å². The highest BCUT2D eigenvalue weighted by Gasteiger charge is 2.25. The lowest BCUT2D eigenvalue weighted by atomic mass is 10.1. The molecule has 8 nitrogen and oxygen atoms in total. The molecule has 0 aliphatic carbocycles. The second-order valence-corrected chi connectivity index (χ2v) is 9.49. The minimum absolute atomic E-state index is 0.0533. The van der Waals surface area contributed by atoms with Crippen LogP contribution in [0.3, 0.4) is 0 Å². The summed E-state index contributed by atoms with van der Waals surface area (Å²) in [4.78, 5) is 18.4. The van der Waals surface area contributed by atoms with E-state index in [4.69, 9.17) is 4.52 Å². The molecular formula is C22H22F2N4O4S. The van der Waals surface area contributed by atoms with E-state index < -0.39 is 21.7 Å². The second kappa shape index (κ2) is 9.26. The number of amides is 1. The molecule has 0 spiro atoms. The number of nitrogens with zero attached hydrogens (tertiary/aromatic N) is 3. The molecule has 0 unspecified atom stereocenters. The molecule has 2 aromatic carbocycles. The highest BCUT2D eigenvalue weighted by molar-refractivity contribution is 7.92. The molecule has 0 bridgehead atoms. The van der Waals surface area contributed by atoms with Gasteiger partial charge in [0.15, 0.2) is 0 Å². The Morgan fingerprint density at radius 2 is 1.79 bits per heavy atom. The number of aromatic nitrogens is 2. The zero-order valence-corrected chi connectivity index (χ0v) is 18.7. The third-order valence-electron chi connectivity index (χ3n) is 5.41. The topological polar surface area (TPSA) is 105 Å². The second-order valence-electron chi connectivity index (χ2n) is 7.84. The lowest BCUT2D eigenvalue weighted by Gasteiger charge is -2.17. The molecule has 1 amide bonds. The average Bonchev–Trinajstić information content (AvgIpc) is 3.10. The molecule has 2 heterocycles. The molecule has 3 aromatic rings. The van der Waals surface area contributed by atoms with Crippen LogP contribution in [0.15, 0.2) is 45.8 Å². The predicted molar refractivity (Wildman–Crippen MR) is 116 cm³/mol. The molecule has 1 saturated heterocycles. The zero-order valence-electron chi connectivity index (χ0n) is 17.8. The Morgan fingerprint density at radius 3 is 2.48 bits per heavy atom. The number of carbonyl (C=O) groups is 1. The van der Waals surface area contributed by atoms with Gasteiger partial charge in [-0.1, -0.05) is 30.1 Å². The molecule has 1 aliphatic rings. The molecular weight excluding hydrogens is 454 g/mol. The van der Waals surface area contributed by atoms with E-state index >= 15 is 0 Å². The number of anilines is 1. The molecule has 0 atom stereocenters. The summed E-state index contributed by atoms with van der Waals surface area (Å²) >= 11 is 0. The Labute approximate surface area is 189 Å². The van der Waals surface area contributed by atoms with Gasteiger partial charge in [0.1, 0.15) is 11.6 Å². The molecule has 4 rings (SSSR count). The van der Waals surface area contributed by atoms with Crippen LogP contribution in [0.4, 0.5) is 14.5 Å². The minimum atomic E-state index is -4.21. The number of hydrogen-bond donors (Lipinski definition) is 1. The molecule has 1 aliphatic heterocycles. The van der Waals surface area contributed by atoms with Crippen LogP contribution in [0.1, 0.15) is 41.9 Å². The van der Waals surface area contributed by atoms with Gasteiger partial charge in [0.2, 0.25) is 5.82 Å². The third-order valence-corrected chi connectivity index (χ3v) is 6.92. The molecule has 1 aromatic heterocycles. The molecule has 1 fully saturated rings. The smallest absolute Gasteiger partial charge is 0.316 e. The van der Waals surface area contributed by atoms with Crippen molar-refractivity contribution in [2.45, 2.75) is 37.5 Å². The van der Waals surface area contributed by atoms with Gasteiger partial charge in [-0.2, -0.15) is 4.98 Å². The highest BCUT2D eigenvalue weighted by Crippen LogP contribution is 2.26. The maximum absolute atomic E-state index is 14.0. The molecule has 33 heavy (non-hydrogen) atoms. The van der Waals surface area contributed by atoms with E-state index in [9.17, 15) is 22.0 Å². The van der Waals surface area contributed by atoms with Gasteiger partial charge in [0.25, 0.3) is 10.0 Å². The molecule has 174 valence electrons. The molecule has 1 N–H and O–H groups in total. The summed E-state index contributed by atoms with van der Waals surface area (Å²) in [6.07, 6.45) is 3.95. The van der Waals surface area contributed by atoms with Crippen molar-refractivity contribution in [1.82, 2.24) is 15.0 Å². The van der Waals surface area contributed by atoms with Crippen LogP contribution in [0.2, 0.25) is 0 Å². The number of benzene rings is 2. The lowest BCUT2D eigenvalue weighted by Crippen LogP contribution is -2.32. The van der Waals surface area contributed by atoms with Crippen LogP contribution < -0.4 is 4.72 Å². The number of carbonyl (C=O) groups excluding carboxylic acids is 1. The van der Waals surface area contributed by atoms with Gasteiger partial charge in [-0.25, -0.2) is 17.2 Å². The van der Waals surface area contributed by atoms with E-state index in [1.807, 2.05) is 0 Å². The average molecular weight is 477 g/mol. The van der Waals surface area contributed by atoms with Gasteiger partial charge in [-0.3, -0.25) is 9.52 Å². The summed E-state index contributed by atoms with van der Waals surface area (Å²) in [6.45, 7) is 2.81. The lowest BCUT2D eigenvalue weighted by molar-refractivity contribution is 0.0711. The van der Waals surface area contributed by atoms with E-state index in [0.29, 0.717) is 30.3 Å². The van der Waals surface area contributed by atoms with Crippen molar-refractivity contribution >= 4 is 21.6 Å². The van der Waals surface area contributed by atoms with Crippen molar-refractivity contribution in [2.75, 3.05) is 17.8 Å². The summed E-state index contributed by atoms with van der Waals surface area (Å²) in [6, 6.07) is 6.98. The van der Waals surface area contributed by atoms with Crippen LogP contribution in [0.5, 0.6) is 0 Å². The number of sulfonamides is 1. The number of likely N-dealkylation sites (tertiary alicyclic amines) is 1. The quantitative estimate of drug-likeness (QED) is 0.593.